The number of hydrogen-bond acceptors (Lipinski definition) is 3. The molecule has 1 atom stereocenters. The quantitative estimate of drug-likeness (QED) is 0.869. The topological polar surface area (TPSA) is 51.8 Å². The van der Waals surface area contributed by atoms with Gasteiger partial charge in [-0.15, -0.1) is 0 Å². The van der Waals surface area contributed by atoms with E-state index in [4.69, 9.17) is 5.73 Å². The van der Waals surface area contributed by atoms with Crippen LogP contribution in [0.3, 0.4) is 0 Å². The van der Waals surface area contributed by atoms with Crippen molar-refractivity contribution in [2.24, 2.45) is 11.7 Å². The van der Waals surface area contributed by atoms with Crippen LogP contribution < -0.4 is 5.73 Å². The molecule has 16 heavy (non-hydrogen) atoms. The van der Waals surface area contributed by atoms with Gasteiger partial charge in [-0.3, -0.25) is 0 Å². The van der Waals surface area contributed by atoms with Gasteiger partial charge in [0.05, 0.1) is 0 Å². The first-order valence-corrected chi connectivity index (χ1v) is 4.95. The van der Waals surface area contributed by atoms with Gasteiger partial charge in [-0.25, -0.2) is 9.97 Å². The van der Waals surface area contributed by atoms with Gasteiger partial charge in [-0.05, 0) is 12.0 Å². The highest BCUT2D eigenvalue weighted by Gasteiger charge is 2.32. The molecular weight excluding hydrogens is 219 g/mol. The summed E-state index contributed by atoms with van der Waals surface area (Å²) in [6, 6.07) is 0.619. The van der Waals surface area contributed by atoms with Gasteiger partial charge in [0.25, 0.3) is 0 Å². The van der Waals surface area contributed by atoms with Crippen molar-refractivity contribution in [2.45, 2.75) is 32.5 Å². The van der Waals surface area contributed by atoms with Gasteiger partial charge in [0, 0.05) is 18.7 Å². The minimum Gasteiger partial charge on any atom is -0.327 e. The Morgan fingerprint density at radius 3 is 2.50 bits per heavy atom. The molecule has 1 rings (SSSR count). The van der Waals surface area contributed by atoms with Crippen molar-refractivity contribution in [3.05, 3.63) is 23.8 Å². The molecule has 3 nitrogen and oxygen atoms in total. The molecule has 0 saturated carbocycles. The SMILES string of the molecule is CC(C)C(N)Cc1nccc(C(F)(F)F)n1. The number of hydrogen-bond donors (Lipinski definition) is 1. The second-order valence-corrected chi connectivity index (χ2v) is 3.97. The van der Waals surface area contributed by atoms with Crippen LogP contribution >= 0.6 is 0 Å². The minimum absolute atomic E-state index is 0.135. The van der Waals surface area contributed by atoms with E-state index in [-0.39, 0.29) is 24.2 Å². The highest BCUT2D eigenvalue weighted by molar-refractivity contribution is 5.06. The van der Waals surface area contributed by atoms with Crippen LogP contribution in [-0.2, 0) is 12.6 Å². The summed E-state index contributed by atoms with van der Waals surface area (Å²) in [5.41, 5.74) is 4.82. The van der Waals surface area contributed by atoms with E-state index in [0.29, 0.717) is 0 Å². The molecule has 0 aliphatic rings. The van der Waals surface area contributed by atoms with E-state index in [1.807, 2.05) is 13.8 Å². The highest BCUT2D eigenvalue weighted by Crippen LogP contribution is 2.27. The van der Waals surface area contributed by atoms with E-state index in [9.17, 15) is 13.2 Å². The molecule has 0 fully saturated rings. The largest absolute Gasteiger partial charge is 0.433 e. The summed E-state index contributed by atoms with van der Waals surface area (Å²) in [5, 5.41) is 0. The lowest BCUT2D eigenvalue weighted by Gasteiger charge is -2.14. The van der Waals surface area contributed by atoms with Gasteiger partial charge in [-0.1, -0.05) is 13.8 Å². The van der Waals surface area contributed by atoms with E-state index in [1.165, 1.54) is 0 Å². The zero-order chi connectivity index (χ0) is 12.3. The van der Waals surface area contributed by atoms with E-state index >= 15 is 0 Å². The van der Waals surface area contributed by atoms with Crippen molar-refractivity contribution >= 4 is 0 Å². The molecule has 1 heterocycles. The van der Waals surface area contributed by atoms with Crippen molar-refractivity contribution in [1.82, 2.24) is 9.97 Å². The second kappa shape index (κ2) is 4.78. The fraction of sp³-hybridized carbons (Fsp3) is 0.600. The summed E-state index contributed by atoms with van der Waals surface area (Å²) < 4.78 is 37.0. The van der Waals surface area contributed by atoms with Gasteiger partial charge in [0.15, 0.2) is 0 Å². The van der Waals surface area contributed by atoms with Gasteiger partial charge in [-0.2, -0.15) is 13.2 Å². The van der Waals surface area contributed by atoms with Crippen molar-refractivity contribution in [2.75, 3.05) is 0 Å². The van der Waals surface area contributed by atoms with Crippen LogP contribution in [0.25, 0.3) is 0 Å². The number of aromatic nitrogens is 2. The Morgan fingerprint density at radius 1 is 1.38 bits per heavy atom. The Morgan fingerprint density at radius 2 is 2.00 bits per heavy atom. The predicted molar refractivity (Wildman–Crippen MR) is 53.6 cm³/mol. The van der Waals surface area contributed by atoms with Crippen LogP contribution in [0.4, 0.5) is 13.2 Å². The fourth-order valence-electron chi connectivity index (χ4n) is 1.10. The molecule has 2 N–H and O–H groups in total. The Kier molecular flexibility index (Phi) is 3.85. The first-order chi connectivity index (χ1) is 7.30. The Labute approximate surface area is 91.9 Å². The Hall–Kier alpha value is -1.17. The lowest BCUT2D eigenvalue weighted by atomic mass is 10.0. The Bertz CT molecular complexity index is 349. The summed E-state index contributed by atoms with van der Waals surface area (Å²) in [6.07, 6.45) is -3.07. The molecule has 1 aromatic heterocycles. The molecule has 0 aliphatic heterocycles. The lowest BCUT2D eigenvalue weighted by Crippen LogP contribution is -2.29. The smallest absolute Gasteiger partial charge is 0.327 e. The van der Waals surface area contributed by atoms with Crippen LogP contribution in [0.1, 0.15) is 25.4 Å². The van der Waals surface area contributed by atoms with Crippen LogP contribution in [0.2, 0.25) is 0 Å². The van der Waals surface area contributed by atoms with Crippen molar-refractivity contribution in [3.8, 4) is 0 Å². The molecule has 90 valence electrons. The normalized spacial score (nSPS) is 14.2. The van der Waals surface area contributed by atoms with Crippen molar-refractivity contribution in [1.29, 1.82) is 0 Å². The molecule has 0 radical (unpaired) electrons. The zero-order valence-corrected chi connectivity index (χ0v) is 9.12. The average Bonchev–Trinajstić information content (AvgIpc) is 2.16. The zero-order valence-electron chi connectivity index (χ0n) is 9.12. The summed E-state index contributed by atoms with van der Waals surface area (Å²) in [5.74, 6) is 0.314. The number of halogens is 3. The fourth-order valence-corrected chi connectivity index (χ4v) is 1.10. The summed E-state index contributed by atoms with van der Waals surface area (Å²) in [4.78, 5) is 7.23. The molecule has 0 spiro atoms. The summed E-state index contributed by atoms with van der Waals surface area (Å²) >= 11 is 0. The van der Waals surface area contributed by atoms with Gasteiger partial charge >= 0.3 is 6.18 Å². The molecule has 0 aliphatic carbocycles. The summed E-state index contributed by atoms with van der Waals surface area (Å²) in [7, 11) is 0. The monoisotopic (exact) mass is 233 g/mol. The predicted octanol–water partition coefficient (Wildman–Crippen LogP) is 2.02. The molecule has 0 aromatic carbocycles. The van der Waals surface area contributed by atoms with Gasteiger partial charge in [0.1, 0.15) is 11.5 Å². The number of nitrogens with two attached hydrogens (primary N) is 1. The van der Waals surface area contributed by atoms with E-state index < -0.39 is 11.9 Å². The van der Waals surface area contributed by atoms with E-state index in [2.05, 4.69) is 9.97 Å². The second-order valence-electron chi connectivity index (χ2n) is 3.97. The van der Waals surface area contributed by atoms with Crippen molar-refractivity contribution < 1.29 is 13.2 Å². The van der Waals surface area contributed by atoms with Crippen molar-refractivity contribution in [3.63, 3.8) is 0 Å². The molecule has 6 heteroatoms. The summed E-state index contributed by atoms with van der Waals surface area (Å²) in [6.45, 7) is 3.80. The highest BCUT2D eigenvalue weighted by atomic mass is 19.4. The Balaban J connectivity index is 2.83. The van der Waals surface area contributed by atoms with E-state index in [1.54, 1.807) is 0 Å². The third-order valence-electron chi connectivity index (χ3n) is 2.27. The van der Waals surface area contributed by atoms with Crippen LogP contribution in [0.5, 0.6) is 0 Å². The number of nitrogens with zero attached hydrogens (tertiary/aromatic N) is 2. The van der Waals surface area contributed by atoms with Crippen LogP contribution in [-0.4, -0.2) is 16.0 Å². The third-order valence-corrected chi connectivity index (χ3v) is 2.27. The molecule has 0 bridgehead atoms. The maximum atomic E-state index is 12.3. The molecule has 0 saturated heterocycles. The number of alkyl halides is 3. The lowest BCUT2D eigenvalue weighted by molar-refractivity contribution is -0.141. The molecular formula is C10H14F3N3. The third kappa shape index (κ3) is 3.44. The van der Waals surface area contributed by atoms with Gasteiger partial charge in [0.2, 0.25) is 0 Å². The molecule has 1 unspecified atom stereocenters. The minimum atomic E-state index is -4.43. The number of rotatable bonds is 3. The maximum Gasteiger partial charge on any atom is 0.433 e. The molecule has 1 aromatic rings. The van der Waals surface area contributed by atoms with Crippen LogP contribution in [0.15, 0.2) is 12.3 Å². The van der Waals surface area contributed by atoms with E-state index in [0.717, 1.165) is 12.3 Å². The standard InChI is InChI=1S/C10H14F3N3/c1-6(2)7(14)5-9-15-4-3-8(16-9)10(11,12)13/h3-4,6-7H,5,14H2,1-2H3. The van der Waals surface area contributed by atoms with Gasteiger partial charge < -0.3 is 5.73 Å². The maximum absolute atomic E-state index is 12.3. The van der Waals surface area contributed by atoms with Crippen LogP contribution in [0, 0.1) is 5.92 Å². The first-order valence-electron chi connectivity index (χ1n) is 4.95. The molecule has 0 amide bonds. The average molecular weight is 233 g/mol. The first kappa shape index (κ1) is 12.9.